The Kier molecular flexibility index (Phi) is 22.3. The second kappa shape index (κ2) is 27.5. The average molecular weight is 911 g/mol. The van der Waals surface area contributed by atoms with Crippen LogP contribution in [0.2, 0.25) is 0 Å². The predicted octanol–water partition coefficient (Wildman–Crippen LogP) is -2.15. The van der Waals surface area contributed by atoms with E-state index in [9.17, 15) is 53.7 Å². The summed E-state index contributed by atoms with van der Waals surface area (Å²) in [6.07, 6.45) is -1.60. The second-order valence-corrected chi connectivity index (χ2v) is 15.8. The molecule has 356 valence electrons. The van der Waals surface area contributed by atoms with E-state index >= 15 is 0 Å². The van der Waals surface area contributed by atoms with Gasteiger partial charge in [-0.3, -0.25) is 38.6 Å². The van der Waals surface area contributed by atoms with E-state index in [0.717, 1.165) is 12.0 Å². The number of carboxylic acid groups (broad SMARTS) is 3. The number of nitrogens with two attached hydrogens (primary N) is 2. The molecule has 0 saturated carbocycles. The van der Waals surface area contributed by atoms with Crippen LogP contribution >= 0.6 is 0 Å². The Bertz CT molecular complexity index is 1930. The van der Waals surface area contributed by atoms with Crippen molar-refractivity contribution in [3.8, 4) is 0 Å². The van der Waals surface area contributed by atoms with E-state index < -0.39 is 115 Å². The molecule has 0 radical (unpaired) electrons. The maximum atomic E-state index is 14.2. The highest BCUT2D eigenvalue weighted by molar-refractivity contribution is 5.94. The molecule has 22 nitrogen and oxygen atoms in total. The van der Waals surface area contributed by atoms with Crippen LogP contribution in [-0.4, -0.2) is 142 Å². The fourth-order valence-corrected chi connectivity index (χ4v) is 6.97. The number of aliphatic imine (C=N–C) groups is 1. The number of amides is 5. The summed E-state index contributed by atoms with van der Waals surface area (Å²) >= 11 is 0. The number of nitrogens with zero attached hydrogens (tertiary/aromatic N) is 1. The van der Waals surface area contributed by atoms with Crippen LogP contribution in [0.1, 0.15) is 69.4 Å². The van der Waals surface area contributed by atoms with Crippen molar-refractivity contribution in [2.75, 3.05) is 19.6 Å². The molecule has 1 saturated heterocycles. The number of aliphatic hydroxyl groups excluding tert-OH is 1. The summed E-state index contributed by atoms with van der Waals surface area (Å²) < 4.78 is 0. The van der Waals surface area contributed by atoms with Gasteiger partial charge in [0, 0.05) is 32.0 Å². The normalized spacial score (nSPS) is 16.5. The number of hydrogen-bond donors (Lipinski definition) is 13. The van der Waals surface area contributed by atoms with Crippen LogP contribution in [0.3, 0.4) is 0 Å². The van der Waals surface area contributed by atoms with Gasteiger partial charge in [-0.1, -0.05) is 60.7 Å². The molecule has 22 heteroatoms. The van der Waals surface area contributed by atoms with Crippen LogP contribution in [-0.2, 0) is 51.2 Å². The Labute approximate surface area is 376 Å². The largest absolute Gasteiger partial charge is 0.481 e. The second-order valence-electron chi connectivity index (χ2n) is 15.8. The first-order chi connectivity index (χ1) is 30.9. The smallest absolute Gasteiger partial charge is 0.326 e. The van der Waals surface area contributed by atoms with Crippen molar-refractivity contribution in [3.05, 3.63) is 71.8 Å². The number of benzene rings is 2. The molecule has 0 aromatic heterocycles. The molecule has 1 aliphatic rings. The molecule has 1 heterocycles. The van der Waals surface area contributed by atoms with Gasteiger partial charge in [-0.15, -0.1) is 0 Å². The Morgan fingerprint density at radius 3 is 1.75 bits per heavy atom. The lowest BCUT2D eigenvalue weighted by Crippen LogP contribution is -2.60. The van der Waals surface area contributed by atoms with Gasteiger partial charge in [0.15, 0.2) is 5.96 Å². The molecule has 65 heavy (non-hydrogen) atoms. The van der Waals surface area contributed by atoms with Crippen molar-refractivity contribution < 1.29 is 58.8 Å². The summed E-state index contributed by atoms with van der Waals surface area (Å²) in [5, 5.41) is 57.9. The van der Waals surface area contributed by atoms with Gasteiger partial charge in [0.05, 0.1) is 18.2 Å². The van der Waals surface area contributed by atoms with Gasteiger partial charge < -0.3 is 69.1 Å². The highest BCUT2D eigenvalue weighted by Crippen LogP contribution is 2.11. The van der Waals surface area contributed by atoms with E-state index in [-0.39, 0.29) is 51.2 Å². The topological polar surface area (TPSA) is 366 Å². The third kappa shape index (κ3) is 19.7. The molecule has 15 N–H and O–H groups in total. The fraction of sp³-hybridized carbons (Fsp3) is 0.512. The molecule has 5 amide bonds. The molecule has 2 aromatic carbocycles. The third-order valence-electron chi connectivity index (χ3n) is 10.4. The van der Waals surface area contributed by atoms with E-state index in [0.29, 0.717) is 18.5 Å². The van der Waals surface area contributed by atoms with Crippen molar-refractivity contribution in [2.45, 2.75) is 120 Å². The fourth-order valence-electron chi connectivity index (χ4n) is 6.97. The average Bonchev–Trinajstić information content (AvgIpc) is 3.81. The molecule has 1 aliphatic heterocycles. The monoisotopic (exact) mass is 910 g/mol. The van der Waals surface area contributed by atoms with E-state index in [1.54, 1.807) is 60.7 Å². The molecule has 0 spiro atoms. The number of hydrogen-bond acceptors (Lipinski definition) is 12. The third-order valence-corrected chi connectivity index (χ3v) is 10.4. The minimum absolute atomic E-state index is 0.0507. The van der Waals surface area contributed by atoms with E-state index in [2.05, 4.69) is 42.2 Å². The summed E-state index contributed by atoms with van der Waals surface area (Å²) in [5.74, 6) is -8.00. The molecule has 0 bridgehead atoms. The zero-order chi connectivity index (χ0) is 47.9. The van der Waals surface area contributed by atoms with Crippen LogP contribution in [0.25, 0.3) is 0 Å². The zero-order valence-electron chi connectivity index (χ0n) is 36.2. The summed E-state index contributed by atoms with van der Waals surface area (Å²) in [6, 6.07) is 9.51. The van der Waals surface area contributed by atoms with Gasteiger partial charge >= 0.3 is 17.9 Å². The molecule has 0 unspecified atom stereocenters. The van der Waals surface area contributed by atoms with Crippen LogP contribution in [0.4, 0.5) is 0 Å². The molecular formula is C43H62N10O12. The Morgan fingerprint density at radius 1 is 0.692 bits per heavy atom. The molecule has 8 atom stereocenters. The van der Waals surface area contributed by atoms with E-state index in [1.807, 2.05) is 0 Å². The number of guanidine groups is 1. The number of aliphatic carboxylic acids is 3. The SMILES string of the molecule is C[C@@H](O)[C@H](NC(=O)[C@@H]1CCCN1)C(=O)N[C@@H](CCC(=O)O)C(=O)N[C@H](CN[C@@H](Cc1ccccc1)C(=O)N[C@@H](CCCN=C(N)N)C(=O)N[C@@H](CCC(=O)O)C(=O)O)Cc1ccccc1. The Hall–Kier alpha value is -6.65. The van der Waals surface area contributed by atoms with Crippen LogP contribution < -0.4 is 48.7 Å². The highest BCUT2D eigenvalue weighted by atomic mass is 16.4. The zero-order valence-corrected chi connectivity index (χ0v) is 36.2. The first-order valence-electron chi connectivity index (χ1n) is 21.4. The number of carboxylic acids is 3. The van der Waals surface area contributed by atoms with Crippen LogP contribution in [0, 0.1) is 0 Å². The Morgan fingerprint density at radius 2 is 1.22 bits per heavy atom. The van der Waals surface area contributed by atoms with Crippen LogP contribution in [0.5, 0.6) is 0 Å². The molecular weight excluding hydrogens is 849 g/mol. The van der Waals surface area contributed by atoms with E-state index in [4.69, 9.17) is 16.6 Å². The standard InChI is InChI=1S/C43H62N10O12/c1-25(54)36(53-37(59)29-14-8-20-46-29)41(63)51-31(16-18-34(55)56)38(60)49-28(22-26-10-4-2-5-11-26)24-48-33(23-27-12-6-3-7-13-27)40(62)50-30(15-9-21-47-43(44)45)39(61)52-32(42(64)65)17-19-35(57)58/h2-7,10-13,25,28-33,36,46,48,54H,8-9,14-24H2,1H3,(H,49,60)(H,50,62)(H,51,63)(H,52,61)(H,53,59)(H,55,56)(H,57,58)(H,64,65)(H4,44,45,47)/t25-,28+,29+,30+,31+,32+,33+,36+/m1/s1. The Balaban J connectivity index is 1.90. The first kappa shape index (κ1) is 52.7. The number of rotatable bonds is 29. The number of carbonyl (C=O) groups is 8. The van der Waals surface area contributed by atoms with Gasteiger partial charge in [0.25, 0.3) is 0 Å². The van der Waals surface area contributed by atoms with Crippen molar-refractivity contribution in [3.63, 3.8) is 0 Å². The highest BCUT2D eigenvalue weighted by Gasteiger charge is 2.34. The van der Waals surface area contributed by atoms with Gasteiger partial charge in [0.2, 0.25) is 29.5 Å². The molecule has 3 rings (SSSR count). The summed E-state index contributed by atoms with van der Waals surface area (Å²) in [4.78, 5) is 107. The maximum absolute atomic E-state index is 14.2. The lowest BCUT2D eigenvalue weighted by molar-refractivity contribution is -0.143. The van der Waals surface area contributed by atoms with Crippen molar-refractivity contribution in [1.29, 1.82) is 0 Å². The maximum Gasteiger partial charge on any atom is 0.326 e. The van der Waals surface area contributed by atoms with Crippen LogP contribution in [0.15, 0.2) is 65.7 Å². The quantitative estimate of drug-likeness (QED) is 0.0235. The number of nitrogens with one attached hydrogen (secondary N) is 7. The summed E-state index contributed by atoms with van der Waals surface area (Å²) in [7, 11) is 0. The van der Waals surface area contributed by atoms with Gasteiger partial charge in [0.1, 0.15) is 24.2 Å². The molecule has 2 aromatic rings. The predicted molar refractivity (Wildman–Crippen MR) is 236 cm³/mol. The lowest BCUT2D eigenvalue weighted by atomic mass is 10.0. The van der Waals surface area contributed by atoms with Crippen molar-refractivity contribution >= 4 is 53.4 Å². The van der Waals surface area contributed by atoms with Gasteiger partial charge in [-0.2, -0.15) is 0 Å². The lowest BCUT2D eigenvalue weighted by Gasteiger charge is -2.28. The van der Waals surface area contributed by atoms with Crippen molar-refractivity contribution in [1.82, 2.24) is 37.2 Å². The molecule has 0 aliphatic carbocycles. The minimum Gasteiger partial charge on any atom is -0.481 e. The first-order valence-corrected chi connectivity index (χ1v) is 21.4. The summed E-state index contributed by atoms with van der Waals surface area (Å²) in [6.45, 7) is 1.86. The number of aliphatic hydroxyl groups is 1. The minimum atomic E-state index is -1.58. The van der Waals surface area contributed by atoms with E-state index in [1.165, 1.54) is 6.92 Å². The van der Waals surface area contributed by atoms with Gasteiger partial charge in [-0.05, 0) is 76.0 Å². The van der Waals surface area contributed by atoms with Gasteiger partial charge in [-0.25, -0.2) is 4.79 Å². The molecule has 1 fully saturated rings. The van der Waals surface area contributed by atoms with Crippen molar-refractivity contribution in [2.24, 2.45) is 16.5 Å². The summed E-state index contributed by atoms with van der Waals surface area (Å²) in [5.41, 5.74) is 12.4. The number of carbonyl (C=O) groups excluding carboxylic acids is 5.